The quantitative estimate of drug-likeness (QED) is 0.458. The van der Waals surface area contributed by atoms with E-state index in [1.807, 2.05) is 27.8 Å². The maximum Gasteiger partial charge on any atom is 0.327 e. The van der Waals surface area contributed by atoms with Crippen molar-refractivity contribution in [2.45, 2.75) is 39.2 Å². The maximum absolute atomic E-state index is 12.1. The van der Waals surface area contributed by atoms with E-state index < -0.39 is 5.54 Å². The van der Waals surface area contributed by atoms with E-state index in [9.17, 15) is 4.79 Å². The van der Waals surface area contributed by atoms with E-state index in [2.05, 4.69) is 10.2 Å². The first-order valence-corrected chi connectivity index (χ1v) is 7.70. The van der Waals surface area contributed by atoms with Crippen LogP contribution in [0.25, 0.3) is 0 Å². The van der Waals surface area contributed by atoms with Gasteiger partial charge < -0.3 is 19.7 Å². The normalized spacial score (nSPS) is 18.1. The van der Waals surface area contributed by atoms with Gasteiger partial charge >= 0.3 is 5.97 Å². The van der Waals surface area contributed by atoms with Crippen LogP contribution < -0.4 is 5.32 Å². The highest BCUT2D eigenvalue weighted by atomic mass is 16.5. The van der Waals surface area contributed by atoms with Crippen molar-refractivity contribution in [3.8, 4) is 0 Å². The van der Waals surface area contributed by atoms with Gasteiger partial charge in [0, 0.05) is 19.7 Å². The molecule has 0 heterocycles. The molecule has 1 fully saturated rings. The first-order chi connectivity index (χ1) is 9.51. The molecule has 0 amide bonds. The lowest BCUT2D eigenvalue weighted by Crippen LogP contribution is -2.57. The lowest BCUT2D eigenvalue weighted by atomic mass is 10.0. The SMILES string of the molecule is CCNC(C)(CN(C)CCOCC1CC1)C(=O)OCC. The van der Waals surface area contributed by atoms with Crippen molar-refractivity contribution in [3.05, 3.63) is 0 Å². The summed E-state index contributed by atoms with van der Waals surface area (Å²) in [6.45, 7) is 9.93. The number of ether oxygens (including phenoxy) is 2. The van der Waals surface area contributed by atoms with E-state index in [0.29, 0.717) is 13.2 Å². The molecule has 118 valence electrons. The summed E-state index contributed by atoms with van der Waals surface area (Å²) in [7, 11) is 2.01. The number of rotatable bonds is 11. The third kappa shape index (κ3) is 6.20. The predicted octanol–water partition coefficient (Wildman–Crippen LogP) is 1.28. The van der Waals surface area contributed by atoms with Crippen LogP contribution in [0.1, 0.15) is 33.6 Å². The minimum absolute atomic E-state index is 0.187. The minimum atomic E-state index is -0.657. The van der Waals surface area contributed by atoms with Crippen LogP contribution in [-0.4, -0.2) is 62.9 Å². The largest absolute Gasteiger partial charge is 0.465 e. The number of esters is 1. The van der Waals surface area contributed by atoms with Crippen molar-refractivity contribution in [1.82, 2.24) is 10.2 Å². The molecule has 20 heavy (non-hydrogen) atoms. The molecule has 0 bridgehead atoms. The van der Waals surface area contributed by atoms with Gasteiger partial charge in [0.15, 0.2) is 0 Å². The number of likely N-dealkylation sites (N-methyl/N-ethyl adjacent to an activating group) is 2. The average Bonchev–Trinajstić information content (AvgIpc) is 3.19. The van der Waals surface area contributed by atoms with E-state index in [1.165, 1.54) is 12.8 Å². The molecular weight excluding hydrogens is 256 g/mol. The third-order valence-corrected chi connectivity index (χ3v) is 3.55. The lowest BCUT2D eigenvalue weighted by molar-refractivity contribution is -0.151. The van der Waals surface area contributed by atoms with Crippen LogP contribution in [0.3, 0.4) is 0 Å². The summed E-state index contributed by atoms with van der Waals surface area (Å²) in [4.78, 5) is 14.2. The summed E-state index contributed by atoms with van der Waals surface area (Å²) in [6.07, 6.45) is 2.63. The Bertz CT molecular complexity index is 295. The van der Waals surface area contributed by atoms with Gasteiger partial charge in [-0.25, -0.2) is 0 Å². The van der Waals surface area contributed by atoms with Gasteiger partial charge in [-0.05, 0) is 46.2 Å². The van der Waals surface area contributed by atoms with Gasteiger partial charge in [-0.3, -0.25) is 4.79 Å². The van der Waals surface area contributed by atoms with Gasteiger partial charge in [0.1, 0.15) is 5.54 Å². The molecule has 0 aromatic rings. The predicted molar refractivity (Wildman–Crippen MR) is 79.8 cm³/mol. The van der Waals surface area contributed by atoms with Gasteiger partial charge in [0.2, 0.25) is 0 Å². The summed E-state index contributed by atoms with van der Waals surface area (Å²) in [5, 5.41) is 3.24. The molecule has 5 nitrogen and oxygen atoms in total. The summed E-state index contributed by atoms with van der Waals surface area (Å²) in [6, 6.07) is 0. The van der Waals surface area contributed by atoms with Crippen LogP contribution in [0.4, 0.5) is 0 Å². The van der Waals surface area contributed by atoms with Crippen LogP contribution in [0.5, 0.6) is 0 Å². The Hall–Kier alpha value is -0.650. The second kappa shape index (κ2) is 8.60. The molecule has 0 spiro atoms. The zero-order valence-electron chi connectivity index (χ0n) is 13.4. The molecule has 1 aliphatic rings. The van der Waals surface area contributed by atoms with Gasteiger partial charge in [0.25, 0.3) is 0 Å². The molecule has 1 saturated carbocycles. The second-order valence-corrected chi connectivity index (χ2v) is 5.84. The summed E-state index contributed by atoms with van der Waals surface area (Å²) < 4.78 is 10.8. The molecule has 1 atom stereocenters. The van der Waals surface area contributed by atoms with Crippen LogP contribution in [-0.2, 0) is 14.3 Å². The van der Waals surface area contributed by atoms with Crippen molar-refractivity contribution in [2.24, 2.45) is 5.92 Å². The Balaban J connectivity index is 2.31. The van der Waals surface area contributed by atoms with Gasteiger partial charge in [0.05, 0.1) is 13.2 Å². The fourth-order valence-corrected chi connectivity index (χ4v) is 2.25. The molecular formula is C15H30N2O3. The van der Waals surface area contributed by atoms with E-state index in [-0.39, 0.29) is 5.97 Å². The van der Waals surface area contributed by atoms with Crippen LogP contribution in [0, 0.1) is 5.92 Å². The number of hydrogen-bond acceptors (Lipinski definition) is 5. The number of carbonyl (C=O) groups excluding carboxylic acids is 1. The maximum atomic E-state index is 12.1. The van der Waals surface area contributed by atoms with Crippen molar-refractivity contribution in [3.63, 3.8) is 0 Å². The topological polar surface area (TPSA) is 50.8 Å². The van der Waals surface area contributed by atoms with E-state index in [1.54, 1.807) is 0 Å². The molecule has 1 N–H and O–H groups in total. The van der Waals surface area contributed by atoms with Gasteiger partial charge in [-0.15, -0.1) is 0 Å². The third-order valence-electron chi connectivity index (χ3n) is 3.55. The van der Waals surface area contributed by atoms with Crippen LogP contribution >= 0.6 is 0 Å². The van der Waals surface area contributed by atoms with Crippen molar-refractivity contribution in [2.75, 3.05) is 46.5 Å². The smallest absolute Gasteiger partial charge is 0.327 e. The zero-order valence-corrected chi connectivity index (χ0v) is 13.4. The molecule has 1 aliphatic carbocycles. The van der Waals surface area contributed by atoms with Gasteiger partial charge in [-0.2, -0.15) is 0 Å². The van der Waals surface area contributed by atoms with E-state index in [4.69, 9.17) is 9.47 Å². The second-order valence-electron chi connectivity index (χ2n) is 5.84. The fraction of sp³-hybridized carbons (Fsp3) is 0.933. The minimum Gasteiger partial charge on any atom is -0.465 e. The molecule has 0 aliphatic heterocycles. The average molecular weight is 286 g/mol. The van der Waals surface area contributed by atoms with Crippen LogP contribution in [0.15, 0.2) is 0 Å². The molecule has 0 radical (unpaired) electrons. The molecule has 0 aromatic heterocycles. The summed E-state index contributed by atoms with van der Waals surface area (Å²) in [5.74, 6) is 0.611. The molecule has 1 rings (SSSR count). The molecule has 5 heteroatoms. The van der Waals surface area contributed by atoms with Crippen molar-refractivity contribution < 1.29 is 14.3 Å². The molecule has 0 aromatic carbocycles. The number of carbonyl (C=O) groups is 1. The molecule has 1 unspecified atom stereocenters. The standard InChI is InChI=1S/C15H30N2O3/c1-5-16-15(3,14(18)20-6-2)12-17(4)9-10-19-11-13-7-8-13/h13,16H,5-12H2,1-4H3. The Labute approximate surface area is 123 Å². The van der Waals surface area contributed by atoms with E-state index >= 15 is 0 Å². The highest BCUT2D eigenvalue weighted by molar-refractivity contribution is 5.80. The zero-order chi connectivity index (χ0) is 15.0. The molecule has 0 saturated heterocycles. The Morgan fingerprint density at radius 3 is 2.65 bits per heavy atom. The first-order valence-electron chi connectivity index (χ1n) is 7.70. The Morgan fingerprint density at radius 2 is 2.10 bits per heavy atom. The van der Waals surface area contributed by atoms with Crippen LogP contribution in [0.2, 0.25) is 0 Å². The first kappa shape index (κ1) is 17.4. The Kier molecular flexibility index (Phi) is 7.48. The number of nitrogens with zero attached hydrogens (tertiary/aromatic N) is 1. The van der Waals surface area contributed by atoms with Crippen molar-refractivity contribution in [1.29, 1.82) is 0 Å². The fourth-order valence-electron chi connectivity index (χ4n) is 2.25. The highest BCUT2D eigenvalue weighted by Crippen LogP contribution is 2.28. The summed E-state index contributed by atoms with van der Waals surface area (Å²) >= 11 is 0. The Morgan fingerprint density at radius 1 is 1.40 bits per heavy atom. The summed E-state index contributed by atoms with van der Waals surface area (Å²) in [5.41, 5.74) is -0.657. The highest BCUT2D eigenvalue weighted by Gasteiger charge is 2.34. The number of hydrogen-bond donors (Lipinski definition) is 1. The number of nitrogens with one attached hydrogen (secondary N) is 1. The van der Waals surface area contributed by atoms with E-state index in [0.717, 1.165) is 32.2 Å². The monoisotopic (exact) mass is 286 g/mol. The lowest BCUT2D eigenvalue weighted by Gasteiger charge is -2.32. The van der Waals surface area contributed by atoms with Crippen molar-refractivity contribution >= 4 is 5.97 Å². The van der Waals surface area contributed by atoms with Gasteiger partial charge in [-0.1, -0.05) is 6.92 Å².